The second-order valence-electron chi connectivity index (χ2n) is 7.39. The SMILES string of the molecule is CCO[C@H]1C[C@@H](NC(=O)NCC2(CCOC)CC2)C12CCC2. The highest BCUT2D eigenvalue weighted by Gasteiger charge is 2.59. The number of methoxy groups -OCH3 is 1. The highest BCUT2D eigenvalue weighted by molar-refractivity contribution is 5.74. The standard InChI is InChI=1S/C17H30N2O3/c1-3-22-14-11-13(17(14)5-4-6-17)19-15(20)18-12-16(7-8-16)9-10-21-2/h13-14H,3-12H2,1-2H3,(H2,18,19,20)/t13-,14+/m1/s1. The van der Waals surface area contributed by atoms with Crippen LogP contribution in [0.4, 0.5) is 4.79 Å². The summed E-state index contributed by atoms with van der Waals surface area (Å²) in [5.41, 5.74) is 0.537. The summed E-state index contributed by atoms with van der Waals surface area (Å²) >= 11 is 0. The molecule has 2 N–H and O–H groups in total. The van der Waals surface area contributed by atoms with Crippen molar-refractivity contribution in [3.8, 4) is 0 Å². The largest absolute Gasteiger partial charge is 0.385 e. The van der Waals surface area contributed by atoms with Gasteiger partial charge in [0.05, 0.1) is 6.10 Å². The molecule has 22 heavy (non-hydrogen) atoms. The zero-order valence-electron chi connectivity index (χ0n) is 14.0. The van der Waals surface area contributed by atoms with Gasteiger partial charge in [0, 0.05) is 38.3 Å². The number of carbonyl (C=O) groups is 1. The molecular weight excluding hydrogens is 280 g/mol. The van der Waals surface area contributed by atoms with Crippen LogP contribution in [-0.2, 0) is 9.47 Å². The van der Waals surface area contributed by atoms with Gasteiger partial charge >= 0.3 is 6.03 Å². The minimum absolute atomic E-state index is 0.00471. The fraction of sp³-hybridized carbons (Fsp3) is 0.941. The van der Waals surface area contributed by atoms with E-state index in [0.717, 1.165) is 32.6 Å². The summed E-state index contributed by atoms with van der Waals surface area (Å²) in [7, 11) is 1.74. The summed E-state index contributed by atoms with van der Waals surface area (Å²) in [4.78, 5) is 12.2. The lowest BCUT2D eigenvalue weighted by molar-refractivity contribution is -0.169. The summed E-state index contributed by atoms with van der Waals surface area (Å²) in [6.45, 7) is 4.38. The summed E-state index contributed by atoms with van der Waals surface area (Å²) in [5.74, 6) is 0. The van der Waals surface area contributed by atoms with Crippen molar-refractivity contribution >= 4 is 6.03 Å². The first-order chi connectivity index (χ1) is 10.6. The fourth-order valence-corrected chi connectivity index (χ4v) is 4.13. The number of amides is 2. The number of hydrogen-bond acceptors (Lipinski definition) is 3. The molecule has 1 spiro atoms. The van der Waals surface area contributed by atoms with E-state index in [1.807, 2.05) is 0 Å². The average molecular weight is 310 g/mol. The van der Waals surface area contributed by atoms with Gasteiger partial charge < -0.3 is 20.1 Å². The van der Waals surface area contributed by atoms with Gasteiger partial charge in [0.1, 0.15) is 0 Å². The highest BCUT2D eigenvalue weighted by Crippen LogP contribution is 2.57. The van der Waals surface area contributed by atoms with Crippen molar-refractivity contribution in [1.82, 2.24) is 10.6 Å². The molecule has 0 radical (unpaired) electrons. The Morgan fingerprint density at radius 2 is 2.05 bits per heavy atom. The number of ether oxygens (including phenoxy) is 2. The predicted molar refractivity (Wildman–Crippen MR) is 84.8 cm³/mol. The van der Waals surface area contributed by atoms with Crippen LogP contribution in [0.25, 0.3) is 0 Å². The number of urea groups is 1. The number of hydrogen-bond donors (Lipinski definition) is 2. The molecule has 2 amide bonds. The fourth-order valence-electron chi connectivity index (χ4n) is 4.13. The predicted octanol–water partition coefficient (Wildman–Crippen LogP) is 2.45. The van der Waals surface area contributed by atoms with Gasteiger partial charge in [-0.1, -0.05) is 6.42 Å². The van der Waals surface area contributed by atoms with Crippen molar-refractivity contribution in [2.45, 2.75) is 64.0 Å². The third-order valence-corrected chi connectivity index (χ3v) is 6.16. The van der Waals surface area contributed by atoms with E-state index in [1.54, 1.807) is 7.11 Å². The number of carbonyl (C=O) groups excluding carboxylic acids is 1. The maximum Gasteiger partial charge on any atom is 0.315 e. The first kappa shape index (κ1) is 16.1. The monoisotopic (exact) mass is 310 g/mol. The van der Waals surface area contributed by atoms with Crippen LogP contribution >= 0.6 is 0 Å². The molecule has 0 aromatic carbocycles. The van der Waals surface area contributed by atoms with Crippen molar-refractivity contribution in [3.05, 3.63) is 0 Å². The Kier molecular flexibility index (Phi) is 4.64. The molecule has 3 aliphatic rings. The minimum atomic E-state index is -0.00471. The Bertz CT molecular complexity index is 405. The molecule has 3 fully saturated rings. The molecule has 3 aliphatic carbocycles. The lowest BCUT2D eigenvalue weighted by Gasteiger charge is -2.60. The molecular formula is C17H30N2O3. The van der Waals surface area contributed by atoms with E-state index >= 15 is 0 Å². The van der Waals surface area contributed by atoms with E-state index in [-0.39, 0.29) is 11.4 Å². The molecule has 5 nitrogen and oxygen atoms in total. The van der Waals surface area contributed by atoms with E-state index in [0.29, 0.717) is 17.6 Å². The molecule has 2 atom stereocenters. The summed E-state index contributed by atoms with van der Waals surface area (Å²) in [5, 5.41) is 6.27. The van der Waals surface area contributed by atoms with Crippen LogP contribution in [0.2, 0.25) is 0 Å². The first-order valence-electron chi connectivity index (χ1n) is 8.79. The lowest BCUT2D eigenvalue weighted by atomic mass is 9.51. The van der Waals surface area contributed by atoms with Crippen molar-refractivity contribution in [2.24, 2.45) is 10.8 Å². The van der Waals surface area contributed by atoms with Crippen molar-refractivity contribution in [1.29, 1.82) is 0 Å². The molecule has 126 valence electrons. The molecule has 0 aliphatic heterocycles. The van der Waals surface area contributed by atoms with Crippen LogP contribution in [0.1, 0.15) is 51.9 Å². The van der Waals surface area contributed by atoms with Crippen LogP contribution < -0.4 is 10.6 Å². The molecule has 0 aromatic rings. The van der Waals surface area contributed by atoms with Crippen molar-refractivity contribution in [3.63, 3.8) is 0 Å². The van der Waals surface area contributed by atoms with Gasteiger partial charge in [-0.2, -0.15) is 0 Å². The van der Waals surface area contributed by atoms with Crippen molar-refractivity contribution < 1.29 is 14.3 Å². The summed E-state index contributed by atoms with van der Waals surface area (Å²) in [6, 6.07) is 0.293. The Hall–Kier alpha value is -0.810. The van der Waals surface area contributed by atoms with Crippen molar-refractivity contribution in [2.75, 3.05) is 26.9 Å². The molecule has 0 heterocycles. The van der Waals surface area contributed by atoms with Gasteiger partial charge in [0.15, 0.2) is 0 Å². The molecule has 0 bridgehead atoms. The quantitative estimate of drug-likeness (QED) is 0.724. The van der Waals surface area contributed by atoms with Crippen LogP contribution in [0.15, 0.2) is 0 Å². The van der Waals surface area contributed by atoms with Gasteiger partial charge in [0.2, 0.25) is 0 Å². The zero-order valence-corrected chi connectivity index (χ0v) is 14.0. The van der Waals surface area contributed by atoms with Crippen LogP contribution in [0, 0.1) is 10.8 Å². The second kappa shape index (κ2) is 6.36. The lowest BCUT2D eigenvalue weighted by Crippen LogP contribution is -2.68. The summed E-state index contributed by atoms with van der Waals surface area (Å²) < 4.78 is 11.0. The summed E-state index contributed by atoms with van der Waals surface area (Å²) in [6.07, 6.45) is 8.43. The van der Waals surface area contributed by atoms with Crippen LogP contribution in [0.5, 0.6) is 0 Å². The Morgan fingerprint density at radius 3 is 2.59 bits per heavy atom. The normalized spacial score (nSPS) is 30.3. The number of nitrogens with one attached hydrogen (secondary N) is 2. The number of rotatable bonds is 8. The van der Waals surface area contributed by atoms with E-state index in [9.17, 15) is 4.79 Å². The second-order valence-corrected chi connectivity index (χ2v) is 7.39. The van der Waals surface area contributed by atoms with Gasteiger partial charge in [-0.15, -0.1) is 0 Å². The third-order valence-electron chi connectivity index (χ3n) is 6.16. The Labute approximate surface area is 133 Å². The molecule has 0 aromatic heterocycles. The van der Waals surface area contributed by atoms with E-state index in [2.05, 4.69) is 17.6 Å². The smallest absolute Gasteiger partial charge is 0.315 e. The highest BCUT2D eigenvalue weighted by atomic mass is 16.5. The maximum absolute atomic E-state index is 12.2. The molecule has 0 unspecified atom stereocenters. The van der Waals surface area contributed by atoms with E-state index in [1.165, 1.54) is 32.1 Å². The maximum atomic E-state index is 12.2. The Balaban J connectivity index is 1.41. The minimum Gasteiger partial charge on any atom is -0.385 e. The van der Waals surface area contributed by atoms with Gasteiger partial charge in [0.25, 0.3) is 0 Å². The van der Waals surface area contributed by atoms with Crippen LogP contribution in [-0.4, -0.2) is 45.0 Å². The van der Waals surface area contributed by atoms with Gasteiger partial charge in [-0.3, -0.25) is 0 Å². The zero-order chi connectivity index (χ0) is 15.6. The van der Waals surface area contributed by atoms with Gasteiger partial charge in [-0.25, -0.2) is 4.79 Å². The molecule has 3 saturated carbocycles. The van der Waals surface area contributed by atoms with E-state index in [4.69, 9.17) is 9.47 Å². The average Bonchev–Trinajstić information content (AvgIpc) is 3.20. The van der Waals surface area contributed by atoms with Gasteiger partial charge in [-0.05, 0) is 50.9 Å². The van der Waals surface area contributed by atoms with E-state index < -0.39 is 0 Å². The molecule has 5 heteroatoms. The first-order valence-corrected chi connectivity index (χ1v) is 8.79. The van der Waals surface area contributed by atoms with Crippen LogP contribution in [0.3, 0.4) is 0 Å². The molecule has 0 saturated heterocycles. The third kappa shape index (κ3) is 2.98. The Morgan fingerprint density at radius 1 is 1.27 bits per heavy atom. The molecule has 3 rings (SSSR count). The topological polar surface area (TPSA) is 59.6 Å².